The topological polar surface area (TPSA) is 64.5 Å². The monoisotopic (exact) mass is 325 g/mol. The maximum atomic E-state index is 12.9. The average molecular weight is 325 g/mol. The molecule has 24 heavy (non-hydrogen) atoms. The quantitative estimate of drug-likeness (QED) is 0.860. The first-order valence-electron chi connectivity index (χ1n) is 8.24. The molecule has 0 aliphatic carbocycles. The molecular formula is C18H19N3O3. The van der Waals surface area contributed by atoms with Gasteiger partial charge in [0.1, 0.15) is 6.10 Å². The van der Waals surface area contributed by atoms with Gasteiger partial charge in [-0.25, -0.2) is 0 Å². The first kappa shape index (κ1) is 15.1. The molecule has 2 aliphatic rings. The molecule has 0 radical (unpaired) electrons. The van der Waals surface area contributed by atoms with Gasteiger partial charge in [-0.3, -0.25) is 4.79 Å². The summed E-state index contributed by atoms with van der Waals surface area (Å²) < 4.78 is 11.6. The van der Waals surface area contributed by atoms with Gasteiger partial charge in [-0.2, -0.15) is 5.10 Å². The third-order valence-electron chi connectivity index (χ3n) is 4.51. The predicted molar refractivity (Wildman–Crippen MR) is 86.5 cm³/mol. The number of nitrogens with zero attached hydrogens (tertiary/aromatic N) is 3. The number of likely N-dealkylation sites (tertiary alicyclic amines) is 1. The van der Waals surface area contributed by atoms with Crippen molar-refractivity contribution >= 4 is 5.91 Å². The maximum absolute atomic E-state index is 12.9. The van der Waals surface area contributed by atoms with E-state index in [4.69, 9.17) is 9.47 Å². The summed E-state index contributed by atoms with van der Waals surface area (Å²) in [5.41, 5.74) is 2.20. The zero-order valence-corrected chi connectivity index (χ0v) is 13.3. The number of carbonyl (C=O) groups is 1. The Bertz CT molecular complexity index is 722. The van der Waals surface area contributed by atoms with Crippen LogP contribution >= 0.6 is 0 Å². The van der Waals surface area contributed by atoms with E-state index in [1.54, 1.807) is 18.3 Å². The molecular weight excluding hydrogens is 306 g/mol. The summed E-state index contributed by atoms with van der Waals surface area (Å²) in [5, 5.41) is 7.74. The Balaban J connectivity index is 1.43. The van der Waals surface area contributed by atoms with Gasteiger partial charge < -0.3 is 14.4 Å². The van der Waals surface area contributed by atoms with Crippen LogP contribution in [0.5, 0.6) is 5.88 Å². The molecule has 0 saturated carbocycles. The van der Waals surface area contributed by atoms with Crippen molar-refractivity contribution in [3.05, 3.63) is 53.7 Å². The molecule has 2 aliphatic heterocycles. The fourth-order valence-corrected chi connectivity index (χ4v) is 3.31. The van der Waals surface area contributed by atoms with E-state index in [1.807, 2.05) is 23.1 Å². The Kier molecular flexibility index (Phi) is 4.13. The van der Waals surface area contributed by atoms with E-state index in [9.17, 15) is 4.79 Å². The van der Waals surface area contributed by atoms with Crippen LogP contribution in [0.1, 0.15) is 23.7 Å². The van der Waals surface area contributed by atoms with Crippen LogP contribution < -0.4 is 4.74 Å². The molecule has 1 saturated heterocycles. The van der Waals surface area contributed by atoms with Gasteiger partial charge in [-0.05, 0) is 23.6 Å². The molecule has 0 spiro atoms. The smallest absolute Gasteiger partial charge is 0.256 e. The third-order valence-corrected chi connectivity index (χ3v) is 4.51. The van der Waals surface area contributed by atoms with Crippen LogP contribution in [0.3, 0.4) is 0 Å². The molecule has 0 N–H and O–H groups in total. The number of rotatable bonds is 3. The third kappa shape index (κ3) is 2.97. The van der Waals surface area contributed by atoms with Gasteiger partial charge in [0, 0.05) is 25.2 Å². The first-order chi connectivity index (χ1) is 11.8. The lowest BCUT2D eigenvalue weighted by Gasteiger charge is -2.28. The number of carbonyl (C=O) groups excluding carboxylic acids is 1. The lowest BCUT2D eigenvalue weighted by molar-refractivity contribution is -0.144. The molecule has 2 aromatic rings. The molecule has 124 valence electrons. The highest BCUT2D eigenvalue weighted by Gasteiger charge is 2.35. The Morgan fingerprint density at radius 1 is 1.25 bits per heavy atom. The van der Waals surface area contributed by atoms with E-state index in [2.05, 4.69) is 16.3 Å². The number of fused-ring (bicyclic) bond motifs is 1. The average Bonchev–Trinajstić information content (AvgIpc) is 3.10. The highest BCUT2D eigenvalue weighted by Crippen LogP contribution is 2.30. The van der Waals surface area contributed by atoms with Crippen LogP contribution in [0.2, 0.25) is 0 Å². The van der Waals surface area contributed by atoms with E-state index in [0.29, 0.717) is 25.6 Å². The van der Waals surface area contributed by atoms with Crippen LogP contribution in [0.15, 0.2) is 42.6 Å². The number of ether oxygens (including phenoxy) is 2. The standard InChI is InChI=1S/C18H19N3O3/c22-18(17-15-5-2-1-4-13(15)8-11-23-17)21-10-7-14(12-21)24-16-6-3-9-19-20-16/h1-6,9,14,17H,7-8,10-12H2/t14-,17-/m1/s1. The molecule has 6 heteroatoms. The normalized spacial score (nSPS) is 22.9. The lowest BCUT2D eigenvalue weighted by Crippen LogP contribution is -2.37. The molecule has 0 bridgehead atoms. The lowest BCUT2D eigenvalue weighted by atomic mass is 9.97. The minimum absolute atomic E-state index is 0.0207. The Labute approximate surface area is 140 Å². The summed E-state index contributed by atoms with van der Waals surface area (Å²) in [6, 6.07) is 11.6. The van der Waals surface area contributed by atoms with Gasteiger partial charge >= 0.3 is 0 Å². The van der Waals surface area contributed by atoms with E-state index in [1.165, 1.54) is 5.56 Å². The van der Waals surface area contributed by atoms with Crippen molar-refractivity contribution in [2.24, 2.45) is 0 Å². The summed E-state index contributed by atoms with van der Waals surface area (Å²) in [4.78, 5) is 14.7. The predicted octanol–water partition coefficient (Wildman–Crippen LogP) is 1.77. The molecule has 1 aromatic carbocycles. The van der Waals surface area contributed by atoms with E-state index < -0.39 is 6.10 Å². The van der Waals surface area contributed by atoms with Gasteiger partial charge in [-0.15, -0.1) is 5.10 Å². The van der Waals surface area contributed by atoms with E-state index in [0.717, 1.165) is 18.4 Å². The van der Waals surface area contributed by atoms with Crippen LogP contribution in [-0.4, -0.2) is 46.8 Å². The van der Waals surface area contributed by atoms with Gasteiger partial charge in [0.05, 0.1) is 13.2 Å². The van der Waals surface area contributed by atoms with E-state index >= 15 is 0 Å². The van der Waals surface area contributed by atoms with Crippen molar-refractivity contribution in [1.82, 2.24) is 15.1 Å². The highest BCUT2D eigenvalue weighted by molar-refractivity contribution is 5.83. The number of benzene rings is 1. The second-order valence-corrected chi connectivity index (χ2v) is 6.07. The molecule has 1 aromatic heterocycles. The van der Waals surface area contributed by atoms with Crippen LogP contribution in [0.4, 0.5) is 0 Å². The van der Waals surface area contributed by atoms with E-state index in [-0.39, 0.29) is 12.0 Å². The van der Waals surface area contributed by atoms with Crippen LogP contribution in [-0.2, 0) is 16.0 Å². The van der Waals surface area contributed by atoms with Crippen molar-refractivity contribution in [3.8, 4) is 5.88 Å². The molecule has 2 atom stereocenters. The van der Waals surface area contributed by atoms with Gasteiger partial charge in [0.25, 0.3) is 5.91 Å². The Morgan fingerprint density at radius 2 is 2.17 bits per heavy atom. The SMILES string of the molecule is O=C([C@@H]1OCCc2ccccc21)N1CC[C@@H](Oc2cccnn2)C1. The zero-order valence-electron chi connectivity index (χ0n) is 13.3. The minimum Gasteiger partial charge on any atom is -0.471 e. The second kappa shape index (κ2) is 6.57. The fourth-order valence-electron chi connectivity index (χ4n) is 3.31. The van der Waals surface area contributed by atoms with Crippen molar-refractivity contribution in [2.45, 2.75) is 25.0 Å². The highest BCUT2D eigenvalue weighted by atomic mass is 16.5. The van der Waals surface area contributed by atoms with Gasteiger partial charge in [-0.1, -0.05) is 24.3 Å². The van der Waals surface area contributed by atoms with Crippen LogP contribution in [0.25, 0.3) is 0 Å². The molecule has 6 nitrogen and oxygen atoms in total. The molecule has 3 heterocycles. The van der Waals surface area contributed by atoms with Crippen LogP contribution in [0, 0.1) is 0 Å². The maximum Gasteiger partial charge on any atom is 0.256 e. The number of aromatic nitrogens is 2. The fraction of sp³-hybridized carbons (Fsp3) is 0.389. The molecule has 0 unspecified atom stereocenters. The first-order valence-corrected chi connectivity index (χ1v) is 8.24. The summed E-state index contributed by atoms with van der Waals surface area (Å²) in [7, 11) is 0. The molecule has 4 rings (SSSR count). The molecule has 1 amide bonds. The summed E-state index contributed by atoms with van der Waals surface area (Å²) in [6.45, 7) is 1.81. The number of hydrogen-bond acceptors (Lipinski definition) is 5. The Morgan fingerprint density at radius 3 is 3.04 bits per heavy atom. The van der Waals surface area contributed by atoms with Gasteiger partial charge in [0.2, 0.25) is 5.88 Å². The summed E-state index contributed by atoms with van der Waals surface area (Å²) >= 11 is 0. The van der Waals surface area contributed by atoms with Crippen molar-refractivity contribution in [1.29, 1.82) is 0 Å². The Hall–Kier alpha value is -2.47. The van der Waals surface area contributed by atoms with Crippen molar-refractivity contribution < 1.29 is 14.3 Å². The van der Waals surface area contributed by atoms with Gasteiger partial charge in [0.15, 0.2) is 6.10 Å². The summed E-state index contributed by atoms with van der Waals surface area (Å²) in [5.74, 6) is 0.517. The zero-order chi connectivity index (χ0) is 16.4. The van der Waals surface area contributed by atoms with Crippen molar-refractivity contribution in [2.75, 3.05) is 19.7 Å². The largest absolute Gasteiger partial charge is 0.471 e. The number of amides is 1. The molecule has 1 fully saturated rings. The number of hydrogen-bond donors (Lipinski definition) is 0. The summed E-state index contributed by atoms with van der Waals surface area (Å²) in [6.07, 6.45) is 2.71. The van der Waals surface area contributed by atoms with Crippen molar-refractivity contribution in [3.63, 3.8) is 0 Å². The second-order valence-electron chi connectivity index (χ2n) is 6.07. The minimum atomic E-state index is -0.495.